The Balaban J connectivity index is 1.56. The van der Waals surface area contributed by atoms with Gasteiger partial charge < -0.3 is 15.0 Å². The monoisotopic (exact) mass is 334 g/mol. The fraction of sp³-hybridized carbons (Fsp3) is 0.667. The molecule has 1 fully saturated rings. The van der Waals surface area contributed by atoms with E-state index in [9.17, 15) is 4.79 Å². The van der Waals surface area contributed by atoms with Gasteiger partial charge in [-0.3, -0.25) is 9.69 Å². The van der Waals surface area contributed by atoms with E-state index in [0.717, 1.165) is 58.8 Å². The second-order valence-electron chi connectivity index (χ2n) is 6.18. The first kappa shape index (κ1) is 18.8. The number of ether oxygens (including phenoxy) is 1. The zero-order chi connectivity index (χ0) is 17.2. The maximum Gasteiger partial charge on any atom is 0.213 e. The first-order valence-corrected chi connectivity index (χ1v) is 8.94. The summed E-state index contributed by atoms with van der Waals surface area (Å²) >= 11 is 0. The molecule has 0 saturated carbocycles. The second-order valence-corrected chi connectivity index (χ2v) is 6.18. The van der Waals surface area contributed by atoms with Crippen molar-refractivity contribution < 1.29 is 9.53 Å². The quantitative estimate of drug-likeness (QED) is 0.514. The van der Waals surface area contributed by atoms with Crippen LogP contribution in [-0.2, 0) is 0 Å². The van der Waals surface area contributed by atoms with E-state index in [1.54, 1.807) is 18.3 Å². The summed E-state index contributed by atoms with van der Waals surface area (Å²) < 4.78 is 5.65. The highest BCUT2D eigenvalue weighted by molar-refractivity contribution is 5.93. The Labute approximate surface area is 145 Å². The van der Waals surface area contributed by atoms with Crippen molar-refractivity contribution in [1.82, 2.24) is 20.1 Å². The zero-order valence-electron chi connectivity index (χ0n) is 15.0. The molecule has 0 unspecified atom stereocenters. The highest BCUT2D eigenvalue weighted by Crippen LogP contribution is 2.09. The number of likely N-dealkylation sites (N-methyl/N-ethyl adjacent to an activating group) is 1. The lowest BCUT2D eigenvalue weighted by molar-refractivity contribution is 0.101. The summed E-state index contributed by atoms with van der Waals surface area (Å²) in [5, 5.41) is 3.38. The lowest BCUT2D eigenvalue weighted by Crippen LogP contribution is -2.48. The number of aromatic nitrogens is 1. The molecular weight excluding hydrogens is 304 g/mol. The minimum atomic E-state index is 0.0265. The predicted molar refractivity (Wildman–Crippen MR) is 95.8 cm³/mol. The standard InChI is InChI=1S/C18H30N4O2/c1-3-19-7-9-22-12-10-21(11-13-22)8-4-14-24-18-6-5-17(15-20-18)16(2)23/h5-6,15,19H,3-4,7-14H2,1-2H3. The summed E-state index contributed by atoms with van der Waals surface area (Å²) in [6.07, 6.45) is 2.57. The molecule has 1 N–H and O–H groups in total. The maximum atomic E-state index is 11.2. The first-order valence-electron chi connectivity index (χ1n) is 8.94. The van der Waals surface area contributed by atoms with E-state index in [-0.39, 0.29) is 5.78 Å². The molecule has 0 aromatic carbocycles. The van der Waals surface area contributed by atoms with Crippen molar-refractivity contribution in [2.45, 2.75) is 20.3 Å². The predicted octanol–water partition coefficient (Wildman–Crippen LogP) is 1.28. The van der Waals surface area contributed by atoms with E-state index >= 15 is 0 Å². The number of rotatable bonds is 10. The molecule has 0 aliphatic carbocycles. The van der Waals surface area contributed by atoms with Gasteiger partial charge in [0.1, 0.15) is 0 Å². The summed E-state index contributed by atoms with van der Waals surface area (Å²) in [4.78, 5) is 20.4. The van der Waals surface area contributed by atoms with Crippen LogP contribution in [0.3, 0.4) is 0 Å². The zero-order valence-corrected chi connectivity index (χ0v) is 15.0. The van der Waals surface area contributed by atoms with Gasteiger partial charge in [0.25, 0.3) is 0 Å². The third-order valence-corrected chi connectivity index (χ3v) is 4.33. The van der Waals surface area contributed by atoms with Crippen LogP contribution < -0.4 is 10.1 Å². The fourth-order valence-electron chi connectivity index (χ4n) is 2.79. The Morgan fingerprint density at radius 3 is 2.50 bits per heavy atom. The van der Waals surface area contributed by atoms with Crippen LogP contribution in [0.15, 0.2) is 18.3 Å². The highest BCUT2D eigenvalue weighted by atomic mass is 16.5. The largest absolute Gasteiger partial charge is 0.478 e. The van der Waals surface area contributed by atoms with Gasteiger partial charge in [0.2, 0.25) is 5.88 Å². The molecule has 24 heavy (non-hydrogen) atoms. The molecule has 0 bridgehead atoms. The number of hydrogen-bond acceptors (Lipinski definition) is 6. The summed E-state index contributed by atoms with van der Waals surface area (Å²) in [6.45, 7) is 13.3. The topological polar surface area (TPSA) is 57.7 Å². The number of nitrogens with one attached hydrogen (secondary N) is 1. The van der Waals surface area contributed by atoms with Gasteiger partial charge in [-0.2, -0.15) is 0 Å². The molecule has 6 nitrogen and oxygen atoms in total. The molecule has 0 amide bonds. The van der Waals surface area contributed by atoms with Crippen molar-refractivity contribution in [1.29, 1.82) is 0 Å². The van der Waals surface area contributed by atoms with E-state index in [2.05, 4.69) is 27.0 Å². The molecule has 1 aliphatic rings. The molecule has 0 radical (unpaired) electrons. The molecule has 1 aromatic heterocycles. The Hall–Kier alpha value is -1.50. The lowest BCUT2D eigenvalue weighted by Gasteiger charge is -2.34. The van der Waals surface area contributed by atoms with Gasteiger partial charge in [-0.05, 0) is 26.0 Å². The molecule has 134 valence electrons. The van der Waals surface area contributed by atoms with Crippen LogP contribution in [0.25, 0.3) is 0 Å². The van der Waals surface area contributed by atoms with Gasteiger partial charge in [0.15, 0.2) is 5.78 Å². The number of piperazine rings is 1. The number of carbonyl (C=O) groups excluding carboxylic acids is 1. The maximum absolute atomic E-state index is 11.2. The molecular formula is C18H30N4O2. The molecule has 2 heterocycles. The number of pyridine rings is 1. The Morgan fingerprint density at radius 2 is 1.92 bits per heavy atom. The Bertz CT molecular complexity index is 484. The fourth-order valence-corrected chi connectivity index (χ4v) is 2.79. The lowest BCUT2D eigenvalue weighted by atomic mass is 10.2. The van der Waals surface area contributed by atoms with Crippen molar-refractivity contribution in [3.8, 4) is 5.88 Å². The third kappa shape index (κ3) is 6.55. The van der Waals surface area contributed by atoms with E-state index in [1.165, 1.54) is 6.92 Å². The van der Waals surface area contributed by atoms with Crippen molar-refractivity contribution in [2.75, 3.05) is 59.0 Å². The number of carbonyl (C=O) groups is 1. The third-order valence-electron chi connectivity index (χ3n) is 4.33. The minimum Gasteiger partial charge on any atom is -0.478 e. The van der Waals surface area contributed by atoms with Crippen molar-refractivity contribution in [3.63, 3.8) is 0 Å². The number of nitrogens with zero attached hydrogens (tertiary/aromatic N) is 3. The van der Waals surface area contributed by atoms with E-state index in [0.29, 0.717) is 18.1 Å². The molecule has 0 atom stereocenters. The summed E-state index contributed by atoms with van der Waals surface area (Å²) in [7, 11) is 0. The molecule has 1 aromatic rings. The molecule has 2 rings (SSSR count). The Kier molecular flexibility index (Phi) is 8.15. The van der Waals surface area contributed by atoms with E-state index in [1.807, 2.05) is 0 Å². The van der Waals surface area contributed by atoms with Crippen molar-refractivity contribution >= 4 is 5.78 Å². The van der Waals surface area contributed by atoms with Gasteiger partial charge in [-0.15, -0.1) is 0 Å². The number of hydrogen-bond donors (Lipinski definition) is 1. The van der Waals surface area contributed by atoms with Crippen LogP contribution in [0.1, 0.15) is 30.6 Å². The average Bonchev–Trinajstić information content (AvgIpc) is 2.60. The minimum absolute atomic E-state index is 0.0265. The summed E-state index contributed by atoms with van der Waals surface area (Å²) in [6, 6.07) is 3.52. The number of ketones is 1. The normalized spacial score (nSPS) is 16.2. The van der Waals surface area contributed by atoms with Gasteiger partial charge in [-0.1, -0.05) is 6.92 Å². The Morgan fingerprint density at radius 1 is 1.21 bits per heavy atom. The van der Waals surface area contributed by atoms with Crippen LogP contribution in [0.2, 0.25) is 0 Å². The van der Waals surface area contributed by atoms with Gasteiger partial charge in [0, 0.05) is 63.6 Å². The molecule has 0 spiro atoms. The average molecular weight is 334 g/mol. The van der Waals surface area contributed by atoms with Crippen LogP contribution in [0.4, 0.5) is 0 Å². The van der Waals surface area contributed by atoms with E-state index in [4.69, 9.17) is 4.74 Å². The van der Waals surface area contributed by atoms with Crippen LogP contribution in [0, 0.1) is 0 Å². The second kappa shape index (κ2) is 10.4. The van der Waals surface area contributed by atoms with Crippen molar-refractivity contribution in [2.24, 2.45) is 0 Å². The van der Waals surface area contributed by atoms with Crippen LogP contribution in [0.5, 0.6) is 5.88 Å². The van der Waals surface area contributed by atoms with Crippen LogP contribution in [-0.4, -0.2) is 79.5 Å². The van der Waals surface area contributed by atoms with Crippen molar-refractivity contribution in [3.05, 3.63) is 23.9 Å². The van der Waals surface area contributed by atoms with Gasteiger partial charge >= 0.3 is 0 Å². The summed E-state index contributed by atoms with van der Waals surface area (Å²) in [5.41, 5.74) is 0.620. The SMILES string of the molecule is CCNCCN1CCN(CCCOc2ccc(C(C)=O)cn2)CC1. The first-order chi connectivity index (χ1) is 11.7. The van der Waals surface area contributed by atoms with Gasteiger partial charge in [0.05, 0.1) is 6.61 Å². The summed E-state index contributed by atoms with van der Waals surface area (Å²) in [5.74, 6) is 0.618. The highest BCUT2D eigenvalue weighted by Gasteiger charge is 2.15. The number of Topliss-reactive ketones (excluding diaryl/α,β-unsaturated/α-hetero) is 1. The molecule has 6 heteroatoms. The smallest absolute Gasteiger partial charge is 0.213 e. The van der Waals surface area contributed by atoms with Crippen LogP contribution >= 0.6 is 0 Å². The molecule has 1 aliphatic heterocycles. The van der Waals surface area contributed by atoms with Gasteiger partial charge in [-0.25, -0.2) is 4.98 Å². The van der Waals surface area contributed by atoms with E-state index < -0.39 is 0 Å². The molecule has 1 saturated heterocycles.